The summed E-state index contributed by atoms with van der Waals surface area (Å²) in [6.07, 6.45) is 6.45. The molecule has 1 aromatic carbocycles. The summed E-state index contributed by atoms with van der Waals surface area (Å²) in [4.78, 5) is 19.3. The van der Waals surface area contributed by atoms with E-state index >= 15 is 0 Å². The normalized spacial score (nSPS) is 20.1. The van der Waals surface area contributed by atoms with Crippen molar-refractivity contribution in [3.8, 4) is 11.5 Å². The van der Waals surface area contributed by atoms with Gasteiger partial charge >= 0.3 is 0 Å². The number of ether oxygens (including phenoxy) is 2. The molecular formula is C21H28N4O3. The highest BCUT2D eigenvalue weighted by atomic mass is 16.6. The standard InChI is InChI=1S/C21H28N4O3/c1-24-13-9-22-20(24)8-12-25-10-6-16(7-11-25)14-23-21(26)19-15-27-17-4-2-3-5-18(17)28-19/h2-5,9,13,16,19H,6-8,10-12,14-15H2,1H3,(H,23,26). The van der Waals surface area contributed by atoms with Gasteiger partial charge in [0.05, 0.1) is 0 Å². The molecule has 1 unspecified atom stereocenters. The molecular weight excluding hydrogens is 356 g/mol. The van der Waals surface area contributed by atoms with Crippen LogP contribution in [-0.2, 0) is 18.3 Å². The van der Waals surface area contributed by atoms with Gasteiger partial charge in [-0.3, -0.25) is 4.79 Å². The maximum absolute atomic E-state index is 12.4. The largest absolute Gasteiger partial charge is 0.485 e. The first-order chi connectivity index (χ1) is 13.7. The van der Waals surface area contributed by atoms with Gasteiger partial charge < -0.3 is 24.3 Å². The molecule has 2 aromatic rings. The van der Waals surface area contributed by atoms with Crippen molar-refractivity contribution in [3.63, 3.8) is 0 Å². The van der Waals surface area contributed by atoms with Crippen molar-refractivity contribution in [1.82, 2.24) is 19.8 Å². The van der Waals surface area contributed by atoms with Crippen molar-refractivity contribution in [2.45, 2.75) is 25.4 Å². The average Bonchev–Trinajstić information content (AvgIpc) is 3.15. The van der Waals surface area contributed by atoms with E-state index in [1.165, 1.54) is 0 Å². The van der Waals surface area contributed by atoms with Crippen LogP contribution in [0.5, 0.6) is 11.5 Å². The topological polar surface area (TPSA) is 68.6 Å². The molecule has 3 heterocycles. The third-order valence-corrected chi connectivity index (χ3v) is 5.65. The number of para-hydroxylation sites is 2. The van der Waals surface area contributed by atoms with E-state index in [0.717, 1.165) is 44.7 Å². The molecule has 1 atom stereocenters. The SMILES string of the molecule is Cn1ccnc1CCN1CCC(CNC(=O)C2COc3ccccc3O2)CC1. The van der Waals surface area contributed by atoms with Crippen LogP contribution in [0, 0.1) is 5.92 Å². The summed E-state index contributed by atoms with van der Waals surface area (Å²) >= 11 is 0. The first-order valence-corrected chi connectivity index (χ1v) is 10.0. The van der Waals surface area contributed by atoms with Crippen molar-refractivity contribution in [2.24, 2.45) is 13.0 Å². The highest BCUT2D eigenvalue weighted by Gasteiger charge is 2.28. The van der Waals surface area contributed by atoms with Crippen LogP contribution in [0.25, 0.3) is 0 Å². The van der Waals surface area contributed by atoms with Crippen LogP contribution < -0.4 is 14.8 Å². The molecule has 1 amide bonds. The summed E-state index contributed by atoms with van der Waals surface area (Å²) in [7, 11) is 2.04. The summed E-state index contributed by atoms with van der Waals surface area (Å²) < 4.78 is 13.5. The van der Waals surface area contributed by atoms with Gasteiger partial charge in [0.25, 0.3) is 5.91 Å². The van der Waals surface area contributed by atoms with E-state index in [-0.39, 0.29) is 12.5 Å². The van der Waals surface area contributed by atoms with Gasteiger partial charge in [-0.25, -0.2) is 4.98 Å². The third-order valence-electron chi connectivity index (χ3n) is 5.65. The Balaban J connectivity index is 1.16. The summed E-state index contributed by atoms with van der Waals surface area (Å²) in [6, 6.07) is 7.45. The lowest BCUT2D eigenvalue weighted by atomic mass is 9.96. The first-order valence-electron chi connectivity index (χ1n) is 10.0. The maximum Gasteiger partial charge on any atom is 0.264 e. The number of nitrogens with zero attached hydrogens (tertiary/aromatic N) is 3. The van der Waals surface area contributed by atoms with Crippen LogP contribution in [0.15, 0.2) is 36.7 Å². The Bertz CT molecular complexity index is 798. The molecule has 4 rings (SSSR count). The Morgan fingerprint density at radius 2 is 2.04 bits per heavy atom. The fourth-order valence-electron chi connectivity index (χ4n) is 3.82. The Morgan fingerprint density at radius 1 is 1.25 bits per heavy atom. The zero-order valence-electron chi connectivity index (χ0n) is 16.3. The minimum atomic E-state index is -0.576. The zero-order valence-corrected chi connectivity index (χ0v) is 16.3. The van der Waals surface area contributed by atoms with Crippen molar-refractivity contribution in [3.05, 3.63) is 42.5 Å². The van der Waals surface area contributed by atoms with Gasteiger partial charge in [0.15, 0.2) is 11.5 Å². The molecule has 1 aromatic heterocycles. The van der Waals surface area contributed by atoms with Crippen molar-refractivity contribution in [2.75, 3.05) is 32.8 Å². The molecule has 0 aliphatic carbocycles. The Kier molecular flexibility index (Phi) is 5.81. The molecule has 1 N–H and O–H groups in total. The molecule has 1 fully saturated rings. The second kappa shape index (κ2) is 8.65. The first kappa shape index (κ1) is 18.8. The second-order valence-electron chi connectivity index (χ2n) is 7.60. The van der Waals surface area contributed by atoms with Crippen LogP contribution in [-0.4, -0.2) is 59.2 Å². The highest BCUT2D eigenvalue weighted by molar-refractivity contribution is 5.81. The number of aromatic nitrogens is 2. The average molecular weight is 384 g/mol. The minimum absolute atomic E-state index is 0.0910. The Labute approximate surface area is 165 Å². The van der Waals surface area contributed by atoms with E-state index in [2.05, 4.69) is 19.8 Å². The van der Waals surface area contributed by atoms with Crippen LogP contribution in [0.2, 0.25) is 0 Å². The number of rotatable bonds is 6. The molecule has 7 heteroatoms. The molecule has 2 aliphatic rings. The van der Waals surface area contributed by atoms with Gasteiger partial charge in [-0.2, -0.15) is 0 Å². The second-order valence-corrected chi connectivity index (χ2v) is 7.60. The molecule has 0 saturated carbocycles. The van der Waals surface area contributed by atoms with E-state index < -0.39 is 6.10 Å². The number of nitrogens with one attached hydrogen (secondary N) is 1. The third kappa shape index (κ3) is 4.47. The van der Waals surface area contributed by atoms with Crippen LogP contribution in [0.1, 0.15) is 18.7 Å². The van der Waals surface area contributed by atoms with E-state index in [1.54, 1.807) is 0 Å². The summed E-state index contributed by atoms with van der Waals surface area (Å²) in [6.45, 7) is 4.14. The molecule has 1 saturated heterocycles. The number of fused-ring (bicyclic) bond motifs is 1. The molecule has 0 bridgehead atoms. The van der Waals surface area contributed by atoms with E-state index in [4.69, 9.17) is 9.47 Å². The lowest BCUT2D eigenvalue weighted by Crippen LogP contribution is -2.46. The number of carbonyl (C=O) groups is 1. The molecule has 7 nitrogen and oxygen atoms in total. The number of hydrogen-bond acceptors (Lipinski definition) is 5. The lowest BCUT2D eigenvalue weighted by molar-refractivity contribution is -0.130. The van der Waals surface area contributed by atoms with Crippen molar-refractivity contribution < 1.29 is 14.3 Å². The monoisotopic (exact) mass is 384 g/mol. The van der Waals surface area contributed by atoms with Crippen LogP contribution in [0.3, 0.4) is 0 Å². The zero-order chi connectivity index (χ0) is 19.3. The molecule has 0 radical (unpaired) electrons. The Morgan fingerprint density at radius 3 is 2.79 bits per heavy atom. The van der Waals surface area contributed by atoms with Gasteiger partial charge in [0.1, 0.15) is 12.4 Å². The predicted octanol–water partition coefficient (Wildman–Crippen LogP) is 1.63. The number of piperidine rings is 1. The molecule has 2 aliphatic heterocycles. The number of carbonyl (C=O) groups excluding carboxylic acids is 1. The lowest BCUT2D eigenvalue weighted by Gasteiger charge is -2.32. The fraction of sp³-hybridized carbons (Fsp3) is 0.524. The predicted molar refractivity (Wildman–Crippen MR) is 105 cm³/mol. The minimum Gasteiger partial charge on any atom is -0.485 e. The number of likely N-dealkylation sites (tertiary alicyclic amines) is 1. The van der Waals surface area contributed by atoms with Gasteiger partial charge in [-0.1, -0.05) is 12.1 Å². The molecule has 28 heavy (non-hydrogen) atoms. The van der Waals surface area contributed by atoms with Crippen molar-refractivity contribution >= 4 is 5.91 Å². The van der Waals surface area contributed by atoms with Gasteiger partial charge in [-0.05, 0) is 44.0 Å². The maximum atomic E-state index is 12.4. The number of hydrogen-bond donors (Lipinski definition) is 1. The summed E-state index contributed by atoms with van der Waals surface area (Å²) in [5.41, 5.74) is 0. The highest BCUT2D eigenvalue weighted by Crippen LogP contribution is 2.30. The van der Waals surface area contributed by atoms with Crippen LogP contribution in [0.4, 0.5) is 0 Å². The van der Waals surface area contributed by atoms with Gasteiger partial charge in [0.2, 0.25) is 6.10 Å². The van der Waals surface area contributed by atoms with E-state index in [9.17, 15) is 4.79 Å². The summed E-state index contributed by atoms with van der Waals surface area (Å²) in [5.74, 6) is 2.89. The van der Waals surface area contributed by atoms with E-state index in [1.807, 2.05) is 43.7 Å². The van der Waals surface area contributed by atoms with Gasteiger partial charge in [-0.15, -0.1) is 0 Å². The van der Waals surface area contributed by atoms with E-state index in [0.29, 0.717) is 24.0 Å². The van der Waals surface area contributed by atoms with Gasteiger partial charge in [0, 0.05) is 39.0 Å². The number of imidazole rings is 1. The Hall–Kier alpha value is -2.54. The van der Waals surface area contributed by atoms with Crippen LogP contribution >= 0.6 is 0 Å². The fourth-order valence-corrected chi connectivity index (χ4v) is 3.82. The quantitative estimate of drug-likeness (QED) is 0.820. The molecule has 0 spiro atoms. The molecule has 150 valence electrons. The van der Waals surface area contributed by atoms with Crippen molar-refractivity contribution in [1.29, 1.82) is 0 Å². The summed E-state index contributed by atoms with van der Waals surface area (Å²) in [5, 5.41) is 3.05. The number of aryl methyl sites for hydroxylation is 1. The smallest absolute Gasteiger partial charge is 0.264 e. The number of benzene rings is 1. The number of amides is 1.